The Morgan fingerprint density at radius 1 is 1.37 bits per heavy atom. The topological polar surface area (TPSA) is 37.8 Å². The van der Waals surface area contributed by atoms with Crippen LogP contribution >= 0.6 is 23.1 Å². The molecule has 0 amide bonds. The Kier molecular flexibility index (Phi) is 3.93. The highest BCUT2D eigenvalue weighted by Crippen LogP contribution is 2.38. The van der Waals surface area contributed by atoms with E-state index in [1.165, 1.54) is 35.9 Å². The van der Waals surface area contributed by atoms with Gasteiger partial charge in [-0.2, -0.15) is 0 Å². The van der Waals surface area contributed by atoms with Crippen LogP contribution in [-0.4, -0.2) is 21.8 Å². The number of aryl methyl sites for hydroxylation is 1. The van der Waals surface area contributed by atoms with E-state index in [1.807, 2.05) is 11.8 Å². The Hall–Kier alpha value is -0.810. The van der Waals surface area contributed by atoms with Crippen molar-refractivity contribution >= 4 is 39.3 Å². The zero-order valence-corrected chi connectivity index (χ0v) is 13.0. The standard InChI is InChI=1S/C14H19N3S2/c1-3-15-14-16-12-11(8-9(2)18-12)13(17-14)19-10-6-4-5-7-10/h8,10H,3-7H2,1-2H3,(H,15,16,17). The third kappa shape index (κ3) is 2.87. The molecule has 2 aromatic rings. The van der Waals surface area contributed by atoms with E-state index >= 15 is 0 Å². The molecule has 1 N–H and O–H groups in total. The van der Waals surface area contributed by atoms with Crippen molar-refractivity contribution in [2.45, 2.75) is 49.8 Å². The Labute approximate surface area is 122 Å². The van der Waals surface area contributed by atoms with E-state index in [0.29, 0.717) is 0 Å². The van der Waals surface area contributed by atoms with Crippen LogP contribution in [0.2, 0.25) is 0 Å². The number of thioether (sulfide) groups is 1. The first-order valence-corrected chi connectivity index (χ1v) is 8.64. The molecule has 0 aliphatic heterocycles. The Bertz CT molecular complexity index is 573. The van der Waals surface area contributed by atoms with Gasteiger partial charge in [-0.25, -0.2) is 9.97 Å². The molecule has 5 heteroatoms. The molecule has 0 bridgehead atoms. The number of aromatic nitrogens is 2. The molecule has 2 heterocycles. The minimum atomic E-state index is 0.743. The van der Waals surface area contributed by atoms with Gasteiger partial charge in [0, 0.05) is 22.1 Å². The molecule has 0 aromatic carbocycles. The van der Waals surface area contributed by atoms with Gasteiger partial charge in [-0.15, -0.1) is 23.1 Å². The van der Waals surface area contributed by atoms with E-state index in [0.717, 1.165) is 27.6 Å². The first-order valence-electron chi connectivity index (χ1n) is 6.95. The van der Waals surface area contributed by atoms with Crippen LogP contribution in [0.4, 0.5) is 5.95 Å². The van der Waals surface area contributed by atoms with Crippen LogP contribution in [-0.2, 0) is 0 Å². The van der Waals surface area contributed by atoms with Gasteiger partial charge in [0.2, 0.25) is 5.95 Å². The second kappa shape index (κ2) is 5.67. The van der Waals surface area contributed by atoms with E-state index in [2.05, 4.69) is 30.2 Å². The average molecular weight is 293 g/mol. The second-order valence-corrected chi connectivity index (χ2v) is 7.51. The normalized spacial score (nSPS) is 16.3. The molecule has 0 radical (unpaired) electrons. The van der Waals surface area contributed by atoms with Gasteiger partial charge in [0.15, 0.2) is 0 Å². The van der Waals surface area contributed by atoms with Crippen molar-refractivity contribution in [2.24, 2.45) is 0 Å². The van der Waals surface area contributed by atoms with Gasteiger partial charge in [0.1, 0.15) is 9.86 Å². The van der Waals surface area contributed by atoms with Crippen LogP contribution in [0, 0.1) is 6.92 Å². The SMILES string of the molecule is CCNc1nc(SC2CCCC2)c2cc(C)sc2n1. The summed E-state index contributed by atoms with van der Waals surface area (Å²) >= 11 is 3.71. The molecule has 3 nitrogen and oxygen atoms in total. The number of thiophene rings is 1. The molecule has 1 aliphatic rings. The minimum Gasteiger partial charge on any atom is -0.354 e. The van der Waals surface area contributed by atoms with Crippen LogP contribution in [0.3, 0.4) is 0 Å². The van der Waals surface area contributed by atoms with Crippen molar-refractivity contribution < 1.29 is 0 Å². The van der Waals surface area contributed by atoms with Gasteiger partial charge in [-0.1, -0.05) is 12.8 Å². The van der Waals surface area contributed by atoms with Crippen LogP contribution < -0.4 is 5.32 Å². The molecule has 0 unspecified atom stereocenters. The molecule has 19 heavy (non-hydrogen) atoms. The van der Waals surface area contributed by atoms with Crippen molar-refractivity contribution in [2.75, 3.05) is 11.9 Å². The Morgan fingerprint density at radius 3 is 2.89 bits per heavy atom. The lowest BCUT2D eigenvalue weighted by molar-refractivity contribution is 0.886. The third-order valence-corrected chi connectivity index (χ3v) is 5.68. The van der Waals surface area contributed by atoms with Crippen molar-refractivity contribution in [1.82, 2.24) is 9.97 Å². The molecular formula is C14H19N3S2. The van der Waals surface area contributed by atoms with Crippen molar-refractivity contribution in [3.05, 3.63) is 10.9 Å². The maximum absolute atomic E-state index is 4.71. The zero-order chi connectivity index (χ0) is 13.2. The highest BCUT2D eigenvalue weighted by atomic mass is 32.2. The van der Waals surface area contributed by atoms with Gasteiger partial charge in [0.05, 0.1) is 0 Å². The van der Waals surface area contributed by atoms with E-state index in [-0.39, 0.29) is 0 Å². The van der Waals surface area contributed by atoms with Crippen LogP contribution in [0.15, 0.2) is 11.1 Å². The summed E-state index contributed by atoms with van der Waals surface area (Å²) in [4.78, 5) is 11.7. The van der Waals surface area contributed by atoms with Crippen LogP contribution in [0.25, 0.3) is 10.2 Å². The second-order valence-electron chi connectivity index (χ2n) is 4.98. The van der Waals surface area contributed by atoms with Crippen molar-refractivity contribution in [1.29, 1.82) is 0 Å². The lowest BCUT2D eigenvalue weighted by Gasteiger charge is -2.10. The fourth-order valence-electron chi connectivity index (χ4n) is 2.51. The number of anilines is 1. The van der Waals surface area contributed by atoms with Gasteiger partial charge in [-0.3, -0.25) is 0 Å². The largest absolute Gasteiger partial charge is 0.354 e. The summed E-state index contributed by atoms with van der Waals surface area (Å²) in [7, 11) is 0. The Morgan fingerprint density at radius 2 is 2.16 bits per heavy atom. The summed E-state index contributed by atoms with van der Waals surface area (Å²) in [6, 6.07) is 2.23. The predicted molar refractivity (Wildman–Crippen MR) is 84.4 cm³/mol. The monoisotopic (exact) mass is 293 g/mol. The van der Waals surface area contributed by atoms with E-state index in [1.54, 1.807) is 11.3 Å². The van der Waals surface area contributed by atoms with Gasteiger partial charge in [0.25, 0.3) is 0 Å². The van der Waals surface area contributed by atoms with Gasteiger partial charge >= 0.3 is 0 Å². The number of fused-ring (bicyclic) bond motifs is 1. The van der Waals surface area contributed by atoms with E-state index in [9.17, 15) is 0 Å². The summed E-state index contributed by atoms with van der Waals surface area (Å²) < 4.78 is 0. The summed E-state index contributed by atoms with van der Waals surface area (Å²) in [5, 5.41) is 6.39. The van der Waals surface area contributed by atoms with E-state index < -0.39 is 0 Å². The molecule has 2 aromatic heterocycles. The molecular weight excluding hydrogens is 274 g/mol. The number of nitrogens with one attached hydrogen (secondary N) is 1. The predicted octanol–water partition coefficient (Wildman–Crippen LogP) is 4.47. The summed E-state index contributed by atoms with van der Waals surface area (Å²) in [5.41, 5.74) is 0. The molecule has 3 rings (SSSR count). The molecule has 0 saturated heterocycles. The summed E-state index contributed by atoms with van der Waals surface area (Å²) in [5.74, 6) is 0.775. The minimum absolute atomic E-state index is 0.743. The highest BCUT2D eigenvalue weighted by molar-refractivity contribution is 8.00. The van der Waals surface area contributed by atoms with Crippen molar-refractivity contribution in [3.8, 4) is 0 Å². The maximum Gasteiger partial charge on any atom is 0.225 e. The lowest BCUT2D eigenvalue weighted by Crippen LogP contribution is -2.03. The number of nitrogens with zero attached hydrogens (tertiary/aromatic N) is 2. The fourth-order valence-corrected chi connectivity index (χ4v) is 4.76. The first kappa shape index (κ1) is 13.2. The number of hydrogen-bond donors (Lipinski definition) is 1. The number of hydrogen-bond acceptors (Lipinski definition) is 5. The van der Waals surface area contributed by atoms with E-state index in [4.69, 9.17) is 4.98 Å². The molecule has 0 atom stereocenters. The van der Waals surface area contributed by atoms with Gasteiger partial charge < -0.3 is 5.32 Å². The lowest BCUT2D eigenvalue weighted by atomic mass is 10.4. The maximum atomic E-state index is 4.71. The van der Waals surface area contributed by atoms with Gasteiger partial charge in [-0.05, 0) is 32.8 Å². The van der Waals surface area contributed by atoms with Crippen LogP contribution in [0.1, 0.15) is 37.5 Å². The molecule has 1 fully saturated rings. The average Bonchev–Trinajstić information content (AvgIpc) is 2.98. The summed E-state index contributed by atoms with van der Waals surface area (Å²) in [6.45, 7) is 5.09. The smallest absolute Gasteiger partial charge is 0.225 e. The molecule has 0 spiro atoms. The highest BCUT2D eigenvalue weighted by Gasteiger charge is 2.19. The molecule has 1 aliphatic carbocycles. The zero-order valence-electron chi connectivity index (χ0n) is 11.4. The van der Waals surface area contributed by atoms with Crippen molar-refractivity contribution in [3.63, 3.8) is 0 Å². The Balaban J connectivity index is 1.98. The number of rotatable bonds is 4. The summed E-state index contributed by atoms with van der Waals surface area (Å²) in [6.07, 6.45) is 5.40. The molecule has 1 saturated carbocycles. The molecule has 102 valence electrons. The third-order valence-electron chi connectivity index (χ3n) is 3.40. The first-order chi connectivity index (χ1) is 9.26. The quantitative estimate of drug-likeness (QED) is 0.844. The fraction of sp³-hybridized carbons (Fsp3) is 0.571. The van der Waals surface area contributed by atoms with Crippen LogP contribution in [0.5, 0.6) is 0 Å².